The average molecular weight is 408 g/mol. The SMILES string of the molecule is CCc1cccc(C[C@@H]2C[C@@H](c3ccc(OC)c(OC4CCCC4)c3)CNC2=O)c1. The highest BCUT2D eigenvalue weighted by atomic mass is 16.5. The van der Waals surface area contributed by atoms with Crippen molar-refractivity contribution < 1.29 is 14.3 Å². The Morgan fingerprint density at radius 3 is 2.60 bits per heavy atom. The zero-order chi connectivity index (χ0) is 20.9. The van der Waals surface area contributed by atoms with Gasteiger partial charge < -0.3 is 14.8 Å². The monoisotopic (exact) mass is 407 g/mol. The van der Waals surface area contributed by atoms with Crippen LogP contribution >= 0.6 is 0 Å². The molecule has 0 radical (unpaired) electrons. The maximum atomic E-state index is 12.6. The van der Waals surface area contributed by atoms with Crippen LogP contribution in [0.5, 0.6) is 11.5 Å². The second kappa shape index (κ2) is 9.55. The Balaban J connectivity index is 1.49. The molecule has 30 heavy (non-hydrogen) atoms. The van der Waals surface area contributed by atoms with Gasteiger partial charge in [-0.05, 0) is 73.8 Å². The van der Waals surface area contributed by atoms with Crippen LogP contribution in [0.1, 0.15) is 61.6 Å². The van der Waals surface area contributed by atoms with E-state index < -0.39 is 0 Å². The zero-order valence-corrected chi connectivity index (χ0v) is 18.2. The van der Waals surface area contributed by atoms with Crippen LogP contribution < -0.4 is 14.8 Å². The van der Waals surface area contributed by atoms with Gasteiger partial charge in [-0.15, -0.1) is 0 Å². The van der Waals surface area contributed by atoms with Crippen molar-refractivity contribution >= 4 is 5.91 Å². The van der Waals surface area contributed by atoms with E-state index in [1.807, 2.05) is 6.07 Å². The van der Waals surface area contributed by atoms with Crippen LogP contribution in [0, 0.1) is 5.92 Å². The number of methoxy groups -OCH3 is 1. The van der Waals surface area contributed by atoms with Gasteiger partial charge in [-0.3, -0.25) is 4.79 Å². The van der Waals surface area contributed by atoms with E-state index in [4.69, 9.17) is 9.47 Å². The molecule has 1 N–H and O–H groups in total. The van der Waals surface area contributed by atoms with Gasteiger partial charge in [-0.2, -0.15) is 0 Å². The molecule has 1 saturated heterocycles. The van der Waals surface area contributed by atoms with E-state index in [0.717, 1.165) is 43.6 Å². The van der Waals surface area contributed by atoms with E-state index in [-0.39, 0.29) is 11.8 Å². The molecule has 1 heterocycles. The van der Waals surface area contributed by atoms with Crippen LogP contribution in [0.25, 0.3) is 0 Å². The van der Waals surface area contributed by atoms with Crippen LogP contribution in [0.4, 0.5) is 0 Å². The summed E-state index contributed by atoms with van der Waals surface area (Å²) in [5, 5.41) is 3.14. The fourth-order valence-corrected chi connectivity index (χ4v) is 4.82. The van der Waals surface area contributed by atoms with E-state index in [2.05, 4.69) is 48.6 Å². The Labute approximate surface area is 180 Å². The summed E-state index contributed by atoms with van der Waals surface area (Å²) >= 11 is 0. The number of piperidine rings is 1. The third kappa shape index (κ3) is 4.80. The summed E-state index contributed by atoms with van der Waals surface area (Å²) < 4.78 is 11.8. The Hall–Kier alpha value is -2.49. The van der Waals surface area contributed by atoms with Crippen LogP contribution in [-0.4, -0.2) is 25.7 Å². The van der Waals surface area contributed by atoms with E-state index in [9.17, 15) is 4.79 Å². The minimum absolute atomic E-state index is 0.00263. The number of ether oxygens (including phenoxy) is 2. The Kier molecular flexibility index (Phi) is 6.61. The number of nitrogens with one attached hydrogen (secondary N) is 1. The molecule has 0 unspecified atom stereocenters. The Bertz CT molecular complexity index is 872. The van der Waals surface area contributed by atoms with Gasteiger partial charge in [0, 0.05) is 18.4 Å². The summed E-state index contributed by atoms with van der Waals surface area (Å²) in [6.07, 6.45) is 7.67. The van der Waals surface area contributed by atoms with Crippen molar-refractivity contribution in [2.24, 2.45) is 5.92 Å². The van der Waals surface area contributed by atoms with E-state index >= 15 is 0 Å². The van der Waals surface area contributed by atoms with Gasteiger partial charge in [-0.1, -0.05) is 37.3 Å². The fourth-order valence-electron chi connectivity index (χ4n) is 4.82. The van der Waals surface area contributed by atoms with Gasteiger partial charge in [0.25, 0.3) is 0 Å². The fraction of sp³-hybridized carbons (Fsp3) is 0.500. The van der Waals surface area contributed by atoms with Crippen LogP contribution in [-0.2, 0) is 17.6 Å². The topological polar surface area (TPSA) is 47.6 Å². The van der Waals surface area contributed by atoms with Crippen LogP contribution in [0.15, 0.2) is 42.5 Å². The number of hydrogen-bond acceptors (Lipinski definition) is 3. The first kappa shape index (κ1) is 20.8. The zero-order valence-electron chi connectivity index (χ0n) is 18.2. The van der Waals surface area contributed by atoms with Gasteiger partial charge in [0.1, 0.15) is 0 Å². The highest BCUT2D eigenvalue weighted by molar-refractivity contribution is 5.80. The van der Waals surface area contributed by atoms with Crippen molar-refractivity contribution in [3.8, 4) is 11.5 Å². The van der Waals surface area contributed by atoms with Gasteiger partial charge >= 0.3 is 0 Å². The maximum absolute atomic E-state index is 12.6. The molecule has 1 saturated carbocycles. The second-order valence-corrected chi connectivity index (χ2v) is 8.69. The number of amides is 1. The first-order valence-electron chi connectivity index (χ1n) is 11.4. The molecular weight excluding hydrogens is 374 g/mol. The molecular formula is C26H33NO3. The molecule has 0 aromatic heterocycles. The first-order valence-corrected chi connectivity index (χ1v) is 11.4. The summed E-state index contributed by atoms with van der Waals surface area (Å²) in [6, 6.07) is 14.9. The molecule has 2 aromatic rings. The van der Waals surface area contributed by atoms with Crippen molar-refractivity contribution in [2.45, 2.75) is 63.9 Å². The highest BCUT2D eigenvalue weighted by Crippen LogP contribution is 2.37. The molecule has 1 amide bonds. The molecule has 0 bridgehead atoms. The molecule has 2 aromatic carbocycles. The Morgan fingerprint density at radius 1 is 1.03 bits per heavy atom. The number of carbonyl (C=O) groups excluding carboxylic acids is 1. The van der Waals surface area contributed by atoms with Crippen molar-refractivity contribution in [1.82, 2.24) is 5.32 Å². The highest BCUT2D eigenvalue weighted by Gasteiger charge is 2.30. The van der Waals surface area contributed by atoms with E-state index in [1.165, 1.54) is 29.5 Å². The molecule has 160 valence electrons. The molecule has 0 spiro atoms. The minimum atomic E-state index is -0.00263. The lowest BCUT2D eigenvalue weighted by atomic mass is 9.82. The second-order valence-electron chi connectivity index (χ2n) is 8.69. The smallest absolute Gasteiger partial charge is 0.223 e. The predicted octanol–water partition coefficient (Wildman–Crippen LogP) is 5.04. The minimum Gasteiger partial charge on any atom is -0.493 e. The summed E-state index contributed by atoms with van der Waals surface area (Å²) in [5.74, 6) is 2.09. The molecule has 2 fully saturated rings. The average Bonchev–Trinajstić information content (AvgIpc) is 3.28. The number of hydrogen-bond donors (Lipinski definition) is 1. The van der Waals surface area contributed by atoms with Gasteiger partial charge in [0.05, 0.1) is 13.2 Å². The number of carbonyl (C=O) groups is 1. The van der Waals surface area contributed by atoms with Gasteiger partial charge in [-0.25, -0.2) is 0 Å². The molecule has 1 aliphatic carbocycles. The number of benzene rings is 2. The number of rotatable bonds is 7. The molecule has 2 atom stereocenters. The van der Waals surface area contributed by atoms with Crippen molar-refractivity contribution in [2.75, 3.05) is 13.7 Å². The standard InChI is InChI=1S/C26H33NO3/c1-3-18-7-6-8-19(13-18)14-21-15-22(17-27-26(21)28)20-11-12-24(29-2)25(16-20)30-23-9-4-5-10-23/h6-8,11-13,16,21-23H,3-5,9-10,14-15,17H2,1-2H3,(H,27,28)/t21-,22-/m1/s1. The largest absolute Gasteiger partial charge is 0.493 e. The molecule has 4 rings (SSSR count). The van der Waals surface area contributed by atoms with E-state index in [0.29, 0.717) is 18.6 Å². The quantitative estimate of drug-likeness (QED) is 0.699. The van der Waals surface area contributed by atoms with Crippen LogP contribution in [0.3, 0.4) is 0 Å². The molecule has 4 heteroatoms. The normalized spacial score (nSPS) is 22.0. The van der Waals surface area contributed by atoms with Gasteiger partial charge in [0.2, 0.25) is 5.91 Å². The first-order chi connectivity index (χ1) is 14.7. The van der Waals surface area contributed by atoms with E-state index in [1.54, 1.807) is 7.11 Å². The Morgan fingerprint density at radius 2 is 1.83 bits per heavy atom. The summed E-state index contributed by atoms with van der Waals surface area (Å²) in [5.41, 5.74) is 3.79. The molecule has 4 nitrogen and oxygen atoms in total. The molecule has 2 aliphatic rings. The lowest BCUT2D eigenvalue weighted by molar-refractivity contribution is -0.126. The van der Waals surface area contributed by atoms with Crippen molar-refractivity contribution in [1.29, 1.82) is 0 Å². The third-order valence-electron chi connectivity index (χ3n) is 6.60. The lowest BCUT2D eigenvalue weighted by Crippen LogP contribution is -2.41. The predicted molar refractivity (Wildman–Crippen MR) is 119 cm³/mol. The van der Waals surface area contributed by atoms with Crippen molar-refractivity contribution in [3.05, 3.63) is 59.2 Å². The summed E-state index contributed by atoms with van der Waals surface area (Å²) in [7, 11) is 1.69. The number of aryl methyl sites for hydroxylation is 1. The third-order valence-corrected chi connectivity index (χ3v) is 6.60. The molecule has 1 aliphatic heterocycles. The van der Waals surface area contributed by atoms with Crippen LogP contribution in [0.2, 0.25) is 0 Å². The summed E-state index contributed by atoms with van der Waals surface area (Å²) in [6.45, 7) is 2.84. The lowest BCUT2D eigenvalue weighted by Gasteiger charge is -2.30. The maximum Gasteiger partial charge on any atom is 0.223 e. The van der Waals surface area contributed by atoms with Crippen molar-refractivity contribution in [3.63, 3.8) is 0 Å². The van der Waals surface area contributed by atoms with Gasteiger partial charge in [0.15, 0.2) is 11.5 Å². The summed E-state index contributed by atoms with van der Waals surface area (Å²) in [4.78, 5) is 12.6.